The molecule has 2 nitrogen and oxygen atoms in total. The molecular weight excluding hydrogens is 272 g/mol. The van der Waals surface area contributed by atoms with Gasteiger partial charge in [0.05, 0.1) is 0 Å². The molecule has 0 amide bonds. The summed E-state index contributed by atoms with van der Waals surface area (Å²) in [7, 11) is 0. The third-order valence-corrected chi connectivity index (χ3v) is 4.21. The summed E-state index contributed by atoms with van der Waals surface area (Å²) in [5.41, 5.74) is 1.98. The summed E-state index contributed by atoms with van der Waals surface area (Å²) in [5.74, 6) is 0.840. The molecule has 0 bridgehead atoms. The number of hydrogen-bond acceptors (Lipinski definition) is 2. The van der Waals surface area contributed by atoms with Gasteiger partial charge >= 0.3 is 0 Å². The van der Waals surface area contributed by atoms with Crippen LogP contribution in [-0.4, -0.2) is 11.4 Å². The molecule has 1 N–H and O–H groups in total. The van der Waals surface area contributed by atoms with E-state index in [4.69, 9.17) is 0 Å². The van der Waals surface area contributed by atoms with Gasteiger partial charge in [-0.1, -0.05) is 76.2 Å². The Hall–Kier alpha value is -1.93. The molecule has 2 heteroatoms. The molecule has 0 aromatic heterocycles. The Morgan fingerprint density at radius 2 is 1.09 bits per heavy atom. The number of aliphatic hydroxyl groups is 1. The number of carbonyl (C=O) groups is 1. The van der Waals surface area contributed by atoms with Gasteiger partial charge in [-0.3, -0.25) is 4.79 Å². The van der Waals surface area contributed by atoms with Crippen LogP contribution in [0.5, 0.6) is 0 Å². The van der Waals surface area contributed by atoms with E-state index in [0.29, 0.717) is 29.2 Å². The monoisotopic (exact) mass is 296 g/mol. The van der Waals surface area contributed by atoms with Gasteiger partial charge in [-0.25, -0.2) is 0 Å². The van der Waals surface area contributed by atoms with Crippen LogP contribution in [0.3, 0.4) is 0 Å². The molecule has 0 aliphatic rings. The predicted molar refractivity (Wildman–Crippen MR) is 90.1 cm³/mol. The quantitative estimate of drug-likeness (QED) is 0.832. The van der Waals surface area contributed by atoms with Gasteiger partial charge in [0.2, 0.25) is 0 Å². The maximum atomic E-state index is 11.6. The van der Waals surface area contributed by atoms with E-state index in [1.54, 1.807) is 0 Å². The smallest absolute Gasteiger partial charge is 0.170 e. The Balaban J connectivity index is 2.40. The van der Waals surface area contributed by atoms with Crippen molar-refractivity contribution in [3.05, 3.63) is 70.8 Å². The Labute approximate surface area is 132 Å². The highest BCUT2D eigenvalue weighted by Crippen LogP contribution is 2.30. The van der Waals surface area contributed by atoms with Crippen LogP contribution >= 0.6 is 0 Å². The lowest BCUT2D eigenvalue weighted by Gasteiger charge is -2.24. The molecule has 2 aromatic rings. The molecular formula is C20H24O2. The average Bonchev–Trinajstić information content (AvgIpc) is 2.54. The van der Waals surface area contributed by atoms with Crippen LogP contribution in [0.25, 0.3) is 0 Å². The SMILES string of the molecule is CC(C)c1ccc(C(O)(C=O)c2ccc(C(C)C)cc2)cc1. The summed E-state index contributed by atoms with van der Waals surface area (Å²) in [5, 5.41) is 10.9. The van der Waals surface area contributed by atoms with Gasteiger partial charge < -0.3 is 5.11 Å². The largest absolute Gasteiger partial charge is 0.373 e. The van der Waals surface area contributed by atoms with Crippen molar-refractivity contribution < 1.29 is 9.90 Å². The van der Waals surface area contributed by atoms with Crippen LogP contribution in [0.4, 0.5) is 0 Å². The van der Waals surface area contributed by atoms with Gasteiger partial charge in [0, 0.05) is 0 Å². The van der Waals surface area contributed by atoms with Crippen molar-refractivity contribution in [3.63, 3.8) is 0 Å². The van der Waals surface area contributed by atoms with E-state index >= 15 is 0 Å². The first kappa shape index (κ1) is 16.4. The molecule has 22 heavy (non-hydrogen) atoms. The molecule has 116 valence electrons. The zero-order valence-electron chi connectivity index (χ0n) is 13.7. The summed E-state index contributed by atoms with van der Waals surface area (Å²) < 4.78 is 0. The average molecular weight is 296 g/mol. The van der Waals surface area contributed by atoms with Gasteiger partial charge in [0.15, 0.2) is 11.9 Å². The van der Waals surface area contributed by atoms with Crippen LogP contribution in [0, 0.1) is 0 Å². The lowest BCUT2D eigenvalue weighted by atomic mass is 9.85. The van der Waals surface area contributed by atoms with Crippen molar-refractivity contribution in [2.24, 2.45) is 0 Å². The molecule has 0 heterocycles. The van der Waals surface area contributed by atoms with Crippen LogP contribution < -0.4 is 0 Å². The number of carbonyl (C=O) groups excluding carboxylic acids is 1. The fourth-order valence-corrected chi connectivity index (χ4v) is 2.55. The highest BCUT2D eigenvalue weighted by Gasteiger charge is 2.31. The first-order valence-electron chi connectivity index (χ1n) is 7.78. The molecule has 0 saturated carbocycles. The standard InChI is InChI=1S/C20H24O2/c1-14(2)16-5-9-18(10-6-16)20(22,13-21)19-11-7-17(8-12-19)15(3)4/h5-15,22H,1-4H3. The van der Waals surface area contributed by atoms with Gasteiger partial charge in [-0.2, -0.15) is 0 Å². The molecule has 0 unspecified atom stereocenters. The van der Waals surface area contributed by atoms with E-state index in [-0.39, 0.29) is 0 Å². The van der Waals surface area contributed by atoms with E-state index in [0.717, 1.165) is 0 Å². The Morgan fingerprint density at radius 1 is 0.773 bits per heavy atom. The van der Waals surface area contributed by atoms with Gasteiger partial charge in [-0.15, -0.1) is 0 Å². The second-order valence-electron chi connectivity index (χ2n) is 6.44. The predicted octanol–water partition coefficient (Wildman–Crippen LogP) is 4.37. The fourth-order valence-electron chi connectivity index (χ4n) is 2.55. The number of rotatable bonds is 5. The molecule has 0 aliphatic heterocycles. The second-order valence-corrected chi connectivity index (χ2v) is 6.44. The van der Waals surface area contributed by atoms with Crippen LogP contribution in [0.1, 0.15) is 61.8 Å². The molecule has 0 radical (unpaired) electrons. The molecule has 0 fully saturated rings. The van der Waals surface area contributed by atoms with Gasteiger partial charge in [0.25, 0.3) is 0 Å². The van der Waals surface area contributed by atoms with E-state index in [2.05, 4.69) is 27.7 Å². The molecule has 0 spiro atoms. The first-order chi connectivity index (χ1) is 10.4. The van der Waals surface area contributed by atoms with Crippen LogP contribution in [0.2, 0.25) is 0 Å². The maximum absolute atomic E-state index is 11.6. The number of hydrogen-bond donors (Lipinski definition) is 1. The van der Waals surface area contributed by atoms with Gasteiger partial charge in [0.1, 0.15) is 0 Å². The first-order valence-corrected chi connectivity index (χ1v) is 7.78. The minimum atomic E-state index is -1.59. The topological polar surface area (TPSA) is 37.3 Å². The van der Waals surface area contributed by atoms with Crippen LogP contribution in [0.15, 0.2) is 48.5 Å². The summed E-state index contributed by atoms with van der Waals surface area (Å²) in [6, 6.07) is 15.2. The lowest BCUT2D eigenvalue weighted by Crippen LogP contribution is -2.29. The Kier molecular flexibility index (Phi) is 4.82. The zero-order valence-corrected chi connectivity index (χ0v) is 13.7. The van der Waals surface area contributed by atoms with E-state index in [9.17, 15) is 9.90 Å². The normalized spacial score (nSPS) is 12.0. The molecule has 2 aromatic carbocycles. The summed E-state index contributed by atoms with van der Waals surface area (Å²) in [4.78, 5) is 11.6. The third kappa shape index (κ3) is 3.12. The van der Waals surface area contributed by atoms with E-state index in [1.807, 2.05) is 48.5 Å². The minimum absolute atomic E-state index is 0.420. The number of aldehydes is 1. The second kappa shape index (κ2) is 6.45. The molecule has 0 atom stereocenters. The van der Waals surface area contributed by atoms with Crippen molar-refractivity contribution in [1.29, 1.82) is 0 Å². The highest BCUT2D eigenvalue weighted by molar-refractivity contribution is 5.72. The van der Waals surface area contributed by atoms with E-state index < -0.39 is 5.60 Å². The fraction of sp³-hybridized carbons (Fsp3) is 0.350. The Morgan fingerprint density at radius 3 is 1.32 bits per heavy atom. The van der Waals surface area contributed by atoms with Gasteiger partial charge in [-0.05, 0) is 34.1 Å². The zero-order chi connectivity index (χ0) is 16.3. The van der Waals surface area contributed by atoms with Crippen LogP contribution in [-0.2, 0) is 10.4 Å². The summed E-state index contributed by atoms with van der Waals surface area (Å²) in [6.45, 7) is 8.47. The maximum Gasteiger partial charge on any atom is 0.170 e. The van der Waals surface area contributed by atoms with Crippen molar-refractivity contribution in [2.75, 3.05) is 0 Å². The summed E-state index contributed by atoms with van der Waals surface area (Å²) in [6.07, 6.45) is 0.613. The summed E-state index contributed by atoms with van der Waals surface area (Å²) >= 11 is 0. The molecule has 0 aliphatic carbocycles. The highest BCUT2D eigenvalue weighted by atomic mass is 16.3. The van der Waals surface area contributed by atoms with Crippen molar-refractivity contribution in [2.45, 2.75) is 45.1 Å². The van der Waals surface area contributed by atoms with Crippen molar-refractivity contribution in [3.8, 4) is 0 Å². The minimum Gasteiger partial charge on any atom is -0.373 e. The molecule has 0 saturated heterocycles. The molecule has 2 rings (SSSR count). The third-order valence-electron chi connectivity index (χ3n) is 4.21. The van der Waals surface area contributed by atoms with Crippen molar-refractivity contribution in [1.82, 2.24) is 0 Å². The number of benzene rings is 2. The van der Waals surface area contributed by atoms with E-state index in [1.165, 1.54) is 11.1 Å². The van der Waals surface area contributed by atoms with Crippen molar-refractivity contribution >= 4 is 6.29 Å². The Bertz CT molecular complexity index is 570. The lowest BCUT2D eigenvalue weighted by molar-refractivity contribution is -0.121.